The van der Waals surface area contributed by atoms with Gasteiger partial charge in [-0.1, -0.05) is 0 Å². The van der Waals surface area contributed by atoms with E-state index in [1.54, 1.807) is 23.5 Å². The fourth-order valence-corrected chi connectivity index (χ4v) is 6.03. The molecule has 0 radical (unpaired) electrons. The molecular formula is C22H31N5O3S. The van der Waals surface area contributed by atoms with Crippen LogP contribution in [0.1, 0.15) is 29.7 Å². The van der Waals surface area contributed by atoms with E-state index in [4.69, 9.17) is 9.72 Å². The van der Waals surface area contributed by atoms with Crippen LogP contribution in [0.4, 0.5) is 11.8 Å². The molecule has 0 bridgehead atoms. The lowest BCUT2D eigenvalue weighted by atomic mass is 10.1. The minimum absolute atomic E-state index is 0.349. The summed E-state index contributed by atoms with van der Waals surface area (Å²) in [7, 11) is -1.98. The van der Waals surface area contributed by atoms with Gasteiger partial charge in [-0.05, 0) is 56.9 Å². The minimum Gasteiger partial charge on any atom is -0.496 e. The van der Waals surface area contributed by atoms with E-state index in [2.05, 4.69) is 14.8 Å². The first-order valence-electron chi connectivity index (χ1n) is 10.8. The number of hydrogen-bond donors (Lipinski definition) is 0. The second kappa shape index (κ2) is 8.63. The van der Waals surface area contributed by atoms with Crippen molar-refractivity contribution in [2.24, 2.45) is 0 Å². The Bertz CT molecular complexity index is 1060. The summed E-state index contributed by atoms with van der Waals surface area (Å²) >= 11 is 0. The van der Waals surface area contributed by atoms with Crippen molar-refractivity contribution in [3.63, 3.8) is 0 Å². The van der Waals surface area contributed by atoms with E-state index in [9.17, 15) is 8.42 Å². The molecule has 3 heterocycles. The SMILES string of the molecule is COc1cc(C)c(S(=O)(=O)N2CCN(c3nc(C)cc(N4CCCC4)n3)CC2)cc1C. The van der Waals surface area contributed by atoms with E-state index in [1.807, 2.05) is 26.8 Å². The quantitative estimate of drug-likeness (QED) is 0.700. The number of piperazine rings is 1. The molecule has 1 aromatic heterocycles. The number of hydrogen-bond acceptors (Lipinski definition) is 7. The predicted molar refractivity (Wildman–Crippen MR) is 122 cm³/mol. The Morgan fingerprint density at radius 1 is 0.839 bits per heavy atom. The Balaban J connectivity index is 1.50. The lowest BCUT2D eigenvalue weighted by molar-refractivity contribution is 0.382. The molecule has 1 aromatic carbocycles. The molecule has 0 unspecified atom stereocenters. The number of aromatic nitrogens is 2. The van der Waals surface area contributed by atoms with Crippen LogP contribution in [0.5, 0.6) is 5.75 Å². The van der Waals surface area contributed by atoms with Crippen LogP contribution in [-0.2, 0) is 10.0 Å². The molecule has 168 valence electrons. The maximum absolute atomic E-state index is 13.3. The average molecular weight is 446 g/mol. The number of benzene rings is 1. The van der Waals surface area contributed by atoms with Crippen molar-refractivity contribution in [1.82, 2.24) is 14.3 Å². The average Bonchev–Trinajstić information content (AvgIpc) is 3.29. The molecule has 4 rings (SSSR count). The van der Waals surface area contributed by atoms with Gasteiger partial charge in [0.1, 0.15) is 11.6 Å². The first-order chi connectivity index (χ1) is 14.8. The molecule has 0 aliphatic carbocycles. The normalized spacial score (nSPS) is 17.9. The molecule has 0 saturated carbocycles. The van der Waals surface area contributed by atoms with Crippen molar-refractivity contribution in [2.75, 3.05) is 56.2 Å². The van der Waals surface area contributed by atoms with Gasteiger partial charge in [0.15, 0.2) is 0 Å². The largest absolute Gasteiger partial charge is 0.496 e. The summed E-state index contributed by atoms with van der Waals surface area (Å²) in [5.74, 6) is 2.36. The number of ether oxygens (including phenoxy) is 1. The molecule has 2 saturated heterocycles. The van der Waals surface area contributed by atoms with E-state index in [-0.39, 0.29) is 0 Å². The zero-order valence-corrected chi connectivity index (χ0v) is 19.6. The highest BCUT2D eigenvalue weighted by Crippen LogP contribution is 2.29. The molecule has 2 aromatic rings. The molecule has 8 nitrogen and oxygen atoms in total. The second-order valence-corrected chi connectivity index (χ2v) is 10.2. The van der Waals surface area contributed by atoms with Crippen LogP contribution in [0.15, 0.2) is 23.1 Å². The fraction of sp³-hybridized carbons (Fsp3) is 0.545. The van der Waals surface area contributed by atoms with Gasteiger partial charge in [0.05, 0.1) is 12.0 Å². The zero-order chi connectivity index (χ0) is 22.2. The molecule has 0 N–H and O–H groups in total. The van der Waals surface area contributed by atoms with E-state index in [1.165, 1.54) is 12.8 Å². The summed E-state index contributed by atoms with van der Waals surface area (Å²) in [5.41, 5.74) is 2.45. The Morgan fingerprint density at radius 2 is 1.52 bits per heavy atom. The molecule has 2 aliphatic rings. The molecule has 9 heteroatoms. The predicted octanol–water partition coefficient (Wildman–Crippen LogP) is 2.52. The maximum Gasteiger partial charge on any atom is 0.243 e. The van der Waals surface area contributed by atoms with Crippen molar-refractivity contribution in [1.29, 1.82) is 0 Å². The van der Waals surface area contributed by atoms with Crippen molar-refractivity contribution in [3.8, 4) is 5.75 Å². The van der Waals surface area contributed by atoms with Crippen molar-refractivity contribution in [3.05, 3.63) is 35.0 Å². The third kappa shape index (κ3) is 4.34. The van der Waals surface area contributed by atoms with Gasteiger partial charge < -0.3 is 14.5 Å². The first kappa shape index (κ1) is 21.8. The summed E-state index contributed by atoms with van der Waals surface area (Å²) in [6.45, 7) is 9.66. The molecule has 0 spiro atoms. The van der Waals surface area contributed by atoms with Crippen LogP contribution in [0.2, 0.25) is 0 Å². The van der Waals surface area contributed by atoms with Crippen LogP contribution < -0.4 is 14.5 Å². The standard InChI is InChI=1S/C22H31N5O3S/c1-16-14-20(17(2)13-19(16)30-4)31(28,29)27-11-9-26(10-12-27)22-23-18(3)15-21(24-22)25-7-5-6-8-25/h13-15H,5-12H2,1-4H3. The number of methoxy groups -OCH3 is 1. The van der Waals surface area contributed by atoms with Crippen molar-refractivity contribution in [2.45, 2.75) is 38.5 Å². The summed E-state index contributed by atoms with van der Waals surface area (Å²) in [4.78, 5) is 14.2. The Morgan fingerprint density at radius 3 is 2.16 bits per heavy atom. The topological polar surface area (TPSA) is 78.9 Å². The fourth-order valence-electron chi connectivity index (χ4n) is 4.31. The maximum atomic E-state index is 13.3. The highest BCUT2D eigenvalue weighted by atomic mass is 32.2. The third-order valence-corrected chi connectivity index (χ3v) is 8.13. The van der Waals surface area contributed by atoms with Crippen LogP contribution in [-0.4, -0.2) is 69.1 Å². The van der Waals surface area contributed by atoms with Crippen LogP contribution in [0, 0.1) is 20.8 Å². The second-order valence-electron chi connectivity index (χ2n) is 8.34. The summed E-state index contributed by atoms with van der Waals surface area (Å²) in [6, 6.07) is 5.53. The van der Waals surface area contributed by atoms with E-state index in [0.717, 1.165) is 30.2 Å². The molecule has 0 atom stereocenters. The van der Waals surface area contributed by atoms with Gasteiger partial charge in [-0.2, -0.15) is 9.29 Å². The molecular weight excluding hydrogens is 414 g/mol. The Kier molecular flexibility index (Phi) is 6.07. The van der Waals surface area contributed by atoms with Gasteiger partial charge in [-0.3, -0.25) is 0 Å². The van der Waals surface area contributed by atoms with E-state index >= 15 is 0 Å². The Labute approximate surface area is 184 Å². The Hall–Kier alpha value is -2.39. The van der Waals surface area contributed by atoms with Crippen molar-refractivity contribution >= 4 is 21.8 Å². The van der Waals surface area contributed by atoms with Gasteiger partial charge in [-0.15, -0.1) is 0 Å². The number of rotatable bonds is 5. The van der Waals surface area contributed by atoms with E-state index in [0.29, 0.717) is 48.3 Å². The van der Waals surface area contributed by atoms with Gasteiger partial charge in [-0.25, -0.2) is 13.4 Å². The highest BCUT2D eigenvalue weighted by Gasteiger charge is 2.31. The monoisotopic (exact) mass is 445 g/mol. The van der Waals surface area contributed by atoms with Crippen LogP contribution >= 0.6 is 0 Å². The zero-order valence-electron chi connectivity index (χ0n) is 18.8. The van der Waals surface area contributed by atoms with E-state index < -0.39 is 10.0 Å². The number of nitrogens with zero attached hydrogens (tertiary/aromatic N) is 5. The molecule has 2 aliphatic heterocycles. The van der Waals surface area contributed by atoms with Crippen LogP contribution in [0.25, 0.3) is 0 Å². The number of sulfonamides is 1. The van der Waals surface area contributed by atoms with Crippen molar-refractivity contribution < 1.29 is 13.2 Å². The number of anilines is 2. The van der Waals surface area contributed by atoms with Gasteiger partial charge in [0, 0.05) is 51.0 Å². The summed E-state index contributed by atoms with van der Waals surface area (Å²) in [5, 5.41) is 0. The number of aryl methyl sites for hydroxylation is 3. The van der Waals surface area contributed by atoms with Gasteiger partial charge in [0.25, 0.3) is 0 Å². The highest BCUT2D eigenvalue weighted by molar-refractivity contribution is 7.89. The smallest absolute Gasteiger partial charge is 0.243 e. The summed E-state index contributed by atoms with van der Waals surface area (Å²) < 4.78 is 33.5. The van der Waals surface area contributed by atoms with Crippen LogP contribution in [0.3, 0.4) is 0 Å². The van der Waals surface area contributed by atoms with Gasteiger partial charge in [0.2, 0.25) is 16.0 Å². The minimum atomic E-state index is -3.57. The molecule has 31 heavy (non-hydrogen) atoms. The summed E-state index contributed by atoms with van der Waals surface area (Å²) in [6.07, 6.45) is 2.39. The van der Waals surface area contributed by atoms with Gasteiger partial charge >= 0.3 is 0 Å². The molecule has 2 fully saturated rings. The third-order valence-electron chi connectivity index (χ3n) is 6.09. The lowest BCUT2D eigenvalue weighted by Crippen LogP contribution is -2.49. The molecule has 0 amide bonds. The lowest BCUT2D eigenvalue weighted by Gasteiger charge is -2.34. The first-order valence-corrected chi connectivity index (χ1v) is 12.2.